The van der Waals surface area contributed by atoms with Gasteiger partial charge in [-0.1, -0.05) is 146 Å². The maximum absolute atomic E-state index is 13.2. The minimum atomic E-state index is -4.82. The van der Waals surface area contributed by atoms with Gasteiger partial charge in [0.25, 0.3) is 0 Å². The molecule has 0 saturated heterocycles. The Hall–Kier alpha value is -7.84. The van der Waals surface area contributed by atoms with Crippen LogP contribution in [0.25, 0.3) is 109 Å². The molecule has 0 aromatic heterocycles. The number of rotatable bonds is 6. The van der Waals surface area contributed by atoms with Crippen molar-refractivity contribution in [2.24, 2.45) is 0 Å². The molecule has 0 saturated carbocycles. The summed E-state index contributed by atoms with van der Waals surface area (Å²) < 4.78 is 87.4. The summed E-state index contributed by atoms with van der Waals surface area (Å²) in [4.78, 5) is 0. The molecule has 0 aliphatic heterocycles. The highest BCUT2D eigenvalue weighted by molar-refractivity contribution is 6.29. The van der Waals surface area contributed by atoms with Crippen LogP contribution in [0.3, 0.4) is 0 Å². The summed E-state index contributed by atoms with van der Waals surface area (Å²) in [5, 5.41) is 12.3. The molecule has 0 spiro atoms. The molecule has 8 heteroatoms. The number of fused-ring (bicyclic) bond motifs is 8. The Kier molecular flexibility index (Phi) is 9.10. The van der Waals surface area contributed by atoms with Crippen LogP contribution >= 0.6 is 0 Å². The van der Waals surface area contributed by atoms with Gasteiger partial charge in [-0.05, 0) is 158 Å². The molecular formula is C56H32F6O2. The number of benzene rings is 11. The van der Waals surface area contributed by atoms with E-state index in [1.54, 1.807) is 24.3 Å². The smallest absolute Gasteiger partial charge is 0.406 e. The first kappa shape index (κ1) is 39.0. The summed E-state index contributed by atoms with van der Waals surface area (Å²) in [6.45, 7) is 0. The summed E-state index contributed by atoms with van der Waals surface area (Å²) in [5.74, 6) is -0.620. The van der Waals surface area contributed by atoms with Crippen molar-refractivity contribution in [3.05, 3.63) is 194 Å². The van der Waals surface area contributed by atoms with Crippen LogP contribution in [-0.2, 0) is 0 Å². The predicted molar refractivity (Wildman–Crippen MR) is 247 cm³/mol. The van der Waals surface area contributed by atoms with Crippen molar-refractivity contribution < 1.29 is 35.8 Å². The molecule has 0 heterocycles. The maximum Gasteiger partial charge on any atom is 0.573 e. The van der Waals surface area contributed by atoms with E-state index in [9.17, 15) is 26.3 Å². The first-order valence-corrected chi connectivity index (χ1v) is 20.5. The van der Waals surface area contributed by atoms with Gasteiger partial charge in [0.1, 0.15) is 11.5 Å². The van der Waals surface area contributed by atoms with Crippen LogP contribution in [0.1, 0.15) is 0 Å². The lowest BCUT2D eigenvalue weighted by Gasteiger charge is -2.22. The molecule has 11 aromatic rings. The summed E-state index contributed by atoms with van der Waals surface area (Å²) in [7, 11) is 0. The van der Waals surface area contributed by atoms with E-state index in [1.165, 1.54) is 24.3 Å². The quantitative estimate of drug-likeness (QED) is 0.0943. The minimum Gasteiger partial charge on any atom is -0.406 e. The fourth-order valence-electron chi connectivity index (χ4n) is 9.39. The monoisotopic (exact) mass is 850 g/mol. The lowest BCUT2D eigenvalue weighted by atomic mass is 9.81. The summed E-state index contributed by atoms with van der Waals surface area (Å²) in [5.41, 5.74) is 6.90. The molecule has 0 radical (unpaired) electrons. The largest absolute Gasteiger partial charge is 0.573 e. The number of alkyl halides is 6. The highest BCUT2D eigenvalue weighted by Gasteiger charge is 2.32. The third-order valence-electron chi connectivity index (χ3n) is 12.0. The summed E-state index contributed by atoms with van der Waals surface area (Å²) >= 11 is 0. The fourth-order valence-corrected chi connectivity index (χ4v) is 9.39. The maximum atomic E-state index is 13.2. The van der Waals surface area contributed by atoms with Crippen LogP contribution in [-0.4, -0.2) is 12.7 Å². The predicted octanol–water partition coefficient (Wildman–Crippen LogP) is 17.1. The first-order chi connectivity index (χ1) is 31.0. The SMILES string of the molecule is FC(F)(F)Oc1ccc(-c2ccc3c(-c4cc5ccccc5c5ccccc45)c4cc(-c5ccc(OC(F)(F)F)cc5)ccc4c(-c4cc5ccccc5c5ccccc45)c3c2)cc1. The van der Waals surface area contributed by atoms with Crippen molar-refractivity contribution in [3.8, 4) is 56.0 Å². The Bertz CT molecular complexity index is 3390. The third kappa shape index (κ3) is 6.97. The minimum absolute atomic E-state index is 0.310. The van der Waals surface area contributed by atoms with E-state index in [2.05, 4.69) is 94.4 Å². The van der Waals surface area contributed by atoms with Crippen LogP contribution in [0.2, 0.25) is 0 Å². The Morgan fingerprint density at radius 3 is 0.969 bits per heavy atom. The van der Waals surface area contributed by atoms with E-state index < -0.39 is 12.7 Å². The molecule has 0 fully saturated rings. The average Bonchev–Trinajstić information content (AvgIpc) is 3.29. The van der Waals surface area contributed by atoms with Crippen molar-refractivity contribution in [2.75, 3.05) is 0 Å². The molecule has 0 aliphatic carbocycles. The molecular weight excluding hydrogens is 819 g/mol. The van der Waals surface area contributed by atoms with Crippen LogP contribution in [0.5, 0.6) is 11.5 Å². The van der Waals surface area contributed by atoms with Crippen molar-refractivity contribution in [3.63, 3.8) is 0 Å². The second kappa shape index (κ2) is 14.9. The van der Waals surface area contributed by atoms with Crippen molar-refractivity contribution in [2.45, 2.75) is 12.7 Å². The normalized spacial score (nSPS) is 12.2. The molecule has 0 atom stereocenters. The Morgan fingerprint density at radius 2 is 0.594 bits per heavy atom. The van der Waals surface area contributed by atoms with Gasteiger partial charge in [-0.25, -0.2) is 0 Å². The van der Waals surface area contributed by atoms with Crippen LogP contribution in [0.15, 0.2) is 194 Å². The van der Waals surface area contributed by atoms with Gasteiger partial charge in [-0.3, -0.25) is 0 Å². The Morgan fingerprint density at radius 1 is 0.266 bits per heavy atom. The van der Waals surface area contributed by atoms with E-state index in [0.29, 0.717) is 11.1 Å². The molecule has 64 heavy (non-hydrogen) atoms. The van der Waals surface area contributed by atoms with E-state index in [0.717, 1.165) is 98.0 Å². The number of halogens is 6. The Labute approximate surface area is 362 Å². The lowest BCUT2D eigenvalue weighted by Crippen LogP contribution is -2.16. The third-order valence-corrected chi connectivity index (χ3v) is 12.0. The zero-order valence-electron chi connectivity index (χ0n) is 33.6. The summed E-state index contributed by atoms with van der Waals surface area (Å²) in [6.07, 6.45) is -9.64. The van der Waals surface area contributed by atoms with Crippen LogP contribution in [0.4, 0.5) is 26.3 Å². The van der Waals surface area contributed by atoms with Gasteiger partial charge in [0.2, 0.25) is 0 Å². The van der Waals surface area contributed by atoms with Gasteiger partial charge < -0.3 is 9.47 Å². The summed E-state index contributed by atoms with van der Waals surface area (Å²) in [6, 6.07) is 61.8. The number of hydrogen-bond donors (Lipinski definition) is 0. The van der Waals surface area contributed by atoms with Gasteiger partial charge in [-0.15, -0.1) is 26.3 Å². The van der Waals surface area contributed by atoms with E-state index in [-0.39, 0.29) is 11.5 Å². The molecule has 11 aromatic carbocycles. The van der Waals surface area contributed by atoms with Gasteiger partial charge in [0.05, 0.1) is 0 Å². The molecule has 0 aliphatic rings. The highest BCUT2D eigenvalue weighted by Crippen LogP contribution is 2.50. The molecule has 0 N–H and O–H groups in total. The number of ether oxygens (including phenoxy) is 2. The molecule has 2 nitrogen and oxygen atoms in total. The standard InChI is InChI=1S/C56H32F6O2/c57-55(58,59)63-39-23-17-33(18-24-39)35-22-28-48-51(29-35)53(49-31-37-9-1-3-11-41(37)43-13-5-7-15-45(43)49)47-27-21-36(34-19-25-40(26-20-34)64-56(60,61)62)30-52(47)54(48)50-32-38-10-2-4-12-42(38)44-14-6-8-16-46(44)50/h1-32H. The van der Waals surface area contributed by atoms with Crippen molar-refractivity contribution in [1.29, 1.82) is 0 Å². The fraction of sp³-hybridized carbons (Fsp3) is 0.0357. The highest BCUT2D eigenvalue weighted by atomic mass is 19.4. The van der Waals surface area contributed by atoms with E-state index in [4.69, 9.17) is 0 Å². The zero-order chi connectivity index (χ0) is 43.7. The molecule has 0 unspecified atom stereocenters. The van der Waals surface area contributed by atoms with Crippen molar-refractivity contribution >= 4 is 64.6 Å². The van der Waals surface area contributed by atoms with E-state index >= 15 is 0 Å². The van der Waals surface area contributed by atoms with Gasteiger partial charge >= 0.3 is 12.7 Å². The lowest BCUT2D eigenvalue weighted by molar-refractivity contribution is -0.275. The first-order valence-electron chi connectivity index (χ1n) is 20.5. The second-order valence-electron chi connectivity index (χ2n) is 15.8. The van der Waals surface area contributed by atoms with Gasteiger partial charge in [0.15, 0.2) is 0 Å². The van der Waals surface area contributed by atoms with Gasteiger partial charge in [-0.2, -0.15) is 0 Å². The topological polar surface area (TPSA) is 18.5 Å². The van der Waals surface area contributed by atoms with Crippen molar-refractivity contribution in [1.82, 2.24) is 0 Å². The molecule has 310 valence electrons. The molecule has 11 rings (SSSR count). The zero-order valence-corrected chi connectivity index (χ0v) is 33.6. The Balaban J connectivity index is 1.27. The van der Waals surface area contributed by atoms with Crippen LogP contribution in [0, 0.1) is 0 Å². The number of hydrogen-bond acceptors (Lipinski definition) is 2. The molecule has 0 amide bonds. The second-order valence-corrected chi connectivity index (χ2v) is 15.8. The average molecular weight is 851 g/mol. The van der Waals surface area contributed by atoms with E-state index in [1.807, 2.05) is 60.7 Å². The van der Waals surface area contributed by atoms with Gasteiger partial charge in [0, 0.05) is 0 Å². The molecule has 0 bridgehead atoms. The van der Waals surface area contributed by atoms with Crippen LogP contribution < -0.4 is 9.47 Å².